The van der Waals surface area contributed by atoms with Crippen molar-refractivity contribution in [3.05, 3.63) is 58.9 Å². The Hall–Kier alpha value is -6.60. The fraction of sp³-hybridized carbons (Fsp3) is 0.618. The van der Waals surface area contributed by atoms with Gasteiger partial charge >= 0.3 is 18.1 Å². The van der Waals surface area contributed by atoms with Crippen LogP contribution >= 0.6 is 0 Å². The molecule has 0 unspecified atom stereocenters. The predicted octanol–water partition coefficient (Wildman–Crippen LogP) is 7.01. The Balaban J connectivity index is 1.97. The van der Waals surface area contributed by atoms with Crippen LogP contribution in [0.2, 0.25) is 0 Å². The molecule has 6 N–H and O–H groups in total. The van der Waals surface area contributed by atoms with Gasteiger partial charge in [0.25, 0.3) is 0 Å². The number of nitrogens with one attached hydrogen (secondary N) is 4. The first-order valence-corrected chi connectivity index (χ1v) is 26.4. The van der Waals surface area contributed by atoms with Gasteiger partial charge in [0.15, 0.2) is 11.6 Å². The first kappa shape index (κ1) is 69.5. The summed E-state index contributed by atoms with van der Waals surface area (Å²) in [6.45, 7) is 14.7. The number of Topliss-reactive ketones (excluding diaryl/α,β-unsaturated/α-hetero) is 3. The maximum Gasteiger partial charge on any atom is 0.408 e. The second-order valence-electron chi connectivity index (χ2n) is 20.7. The van der Waals surface area contributed by atoms with Crippen LogP contribution in [0, 0.1) is 58.7 Å². The van der Waals surface area contributed by atoms with E-state index in [1.54, 1.807) is 50.1 Å². The van der Waals surface area contributed by atoms with Crippen molar-refractivity contribution in [2.45, 2.75) is 144 Å². The zero-order valence-electron chi connectivity index (χ0n) is 47.5. The first-order valence-electron chi connectivity index (χ1n) is 26.4. The number of hydrogen-bond acceptors (Lipinski definition) is 14. The molecule has 2 aromatic rings. The molecule has 2 rings (SSSR count). The molecule has 80 heavy (non-hydrogen) atoms. The van der Waals surface area contributed by atoms with Gasteiger partial charge in [-0.05, 0) is 69.1 Å². The molecule has 0 radical (unpaired) electrons. The van der Waals surface area contributed by atoms with Crippen LogP contribution in [0.4, 0.5) is 37.2 Å². The second-order valence-corrected chi connectivity index (χ2v) is 20.7. The summed E-state index contributed by atoms with van der Waals surface area (Å²) in [5, 5.41) is 10.5. The van der Waals surface area contributed by atoms with Crippen molar-refractivity contribution in [2.24, 2.45) is 35.3 Å². The molecule has 0 aliphatic rings. The van der Waals surface area contributed by atoms with Gasteiger partial charge in [-0.3, -0.25) is 33.6 Å². The Labute approximate surface area is 463 Å². The highest BCUT2D eigenvalue weighted by atomic mass is 19.2. The molecule has 448 valence electrons. The SMILES string of the molecule is CC[C@H](C)[C@@H]([C@@H](CC(C)=O)OC)N(C)C(=O)[C@@H](CC(=O)C(C)(C)NC(=O)OCc1ccc(NC(=O)[C@H](CCCNC(N)=O)CC(=O)[C@@H](NC(=O)CCOCCOCCC(=O)Oc2c(F)c(F)c(F)c(F)c2F)C(C)C)cc1)C(C)C. The molecule has 0 aliphatic carbocycles. The minimum atomic E-state index is -2.41. The van der Waals surface area contributed by atoms with Crippen LogP contribution in [0.3, 0.4) is 0 Å². The van der Waals surface area contributed by atoms with Crippen molar-refractivity contribution in [1.29, 1.82) is 0 Å². The molecule has 6 amide bonds. The highest BCUT2D eigenvalue weighted by Crippen LogP contribution is 2.31. The van der Waals surface area contributed by atoms with Gasteiger partial charge in [-0.1, -0.05) is 60.1 Å². The van der Waals surface area contributed by atoms with E-state index in [2.05, 4.69) is 26.0 Å². The number of benzene rings is 2. The number of urea groups is 1. The molecular weight excluding hydrogens is 1060 g/mol. The normalized spacial score (nSPS) is 13.8. The third kappa shape index (κ3) is 22.5. The van der Waals surface area contributed by atoms with Crippen molar-refractivity contribution in [1.82, 2.24) is 20.9 Å². The van der Waals surface area contributed by atoms with Crippen LogP contribution in [-0.4, -0.2) is 129 Å². The zero-order valence-corrected chi connectivity index (χ0v) is 47.5. The number of rotatable bonds is 36. The summed E-state index contributed by atoms with van der Waals surface area (Å²) in [7, 11) is 3.16. The lowest BCUT2D eigenvalue weighted by molar-refractivity contribution is -0.146. The number of halogens is 5. The number of hydrogen-bond donors (Lipinski definition) is 5. The summed E-state index contributed by atoms with van der Waals surface area (Å²) in [6.07, 6.45) is -1.49. The summed E-state index contributed by atoms with van der Waals surface area (Å²) in [5.74, 6) is -19.3. The number of nitrogens with zero attached hydrogens (tertiary/aromatic N) is 1. The lowest BCUT2D eigenvalue weighted by Crippen LogP contribution is -2.54. The topological polar surface area (TPSA) is 277 Å². The molecular formula is C55H79F5N6O14. The van der Waals surface area contributed by atoms with Crippen LogP contribution in [0.5, 0.6) is 5.75 Å². The molecule has 0 aliphatic heterocycles. The quantitative estimate of drug-likeness (QED) is 0.0115. The van der Waals surface area contributed by atoms with Crippen molar-refractivity contribution < 1.29 is 88.8 Å². The Morgan fingerprint density at radius 1 is 0.762 bits per heavy atom. The van der Waals surface area contributed by atoms with E-state index in [4.69, 9.17) is 24.7 Å². The maximum atomic E-state index is 14.0. The molecule has 0 fully saturated rings. The number of alkyl carbamates (subject to hydrolysis) is 1. The van der Waals surface area contributed by atoms with Gasteiger partial charge < -0.3 is 55.6 Å². The van der Waals surface area contributed by atoms with Crippen molar-refractivity contribution in [3.63, 3.8) is 0 Å². The van der Waals surface area contributed by atoms with Gasteiger partial charge in [0.1, 0.15) is 12.4 Å². The molecule has 0 spiro atoms. The van der Waals surface area contributed by atoms with E-state index in [0.29, 0.717) is 17.7 Å². The first-order chi connectivity index (χ1) is 37.5. The Morgan fingerprint density at radius 2 is 1.34 bits per heavy atom. The van der Waals surface area contributed by atoms with Gasteiger partial charge in [0.05, 0.1) is 56.6 Å². The van der Waals surface area contributed by atoms with Gasteiger partial charge in [0, 0.05) is 63.9 Å². The molecule has 0 saturated heterocycles. The van der Waals surface area contributed by atoms with Crippen molar-refractivity contribution >= 4 is 58.9 Å². The lowest BCUT2D eigenvalue weighted by Gasteiger charge is -2.40. The number of carbonyl (C=O) groups excluding carboxylic acids is 9. The molecule has 6 atom stereocenters. The Bertz CT molecular complexity index is 2420. The number of methoxy groups -OCH3 is 1. The lowest BCUT2D eigenvalue weighted by atomic mass is 9.83. The number of amides is 6. The molecule has 0 heterocycles. The minimum Gasteiger partial charge on any atom is -0.445 e. The van der Waals surface area contributed by atoms with Gasteiger partial charge in [-0.15, -0.1) is 0 Å². The molecule has 0 bridgehead atoms. The average Bonchev–Trinajstić information content (AvgIpc) is 3.40. The number of esters is 1. The monoisotopic (exact) mass is 1140 g/mol. The number of primary amides is 1. The highest BCUT2D eigenvalue weighted by molar-refractivity contribution is 5.97. The summed E-state index contributed by atoms with van der Waals surface area (Å²) < 4.78 is 93.5. The van der Waals surface area contributed by atoms with Gasteiger partial charge in [-0.25, -0.2) is 22.8 Å². The molecule has 0 saturated carbocycles. The zero-order chi connectivity index (χ0) is 60.6. The van der Waals surface area contributed by atoms with Crippen molar-refractivity contribution in [3.8, 4) is 5.75 Å². The predicted molar refractivity (Wildman–Crippen MR) is 282 cm³/mol. The van der Waals surface area contributed by atoms with Crippen LogP contribution < -0.4 is 31.7 Å². The Kier molecular flexibility index (Phi) is 29.4. The summed E-state index contributed by atoms with van der Waals surface area (Å²) in [5.41, 5.74) is 4.61. The van der Waals surface area contributed by atoms with Crippen LogP contribution in [0.1, 0.15) is 119 Å². The average molecular weight is 1140 g/mol. The highest BCUT2D eigenvalue weighted by Gasteiger charge is 2.40. The van der Waals surface area contributed by atoms with Crippen LogP contribution in [0.25, 0.3) is 0 Å². The van der Waals surface area contributed by atoms with Crippen LogP contribution in [0.15, 0.2) is 24.3 Å². The number of nitrogens with two attached hydrogens (primary N) is 1. The molecule has 20 nitrogen and oxygen atoms in total. The fourth-order valence-electron chi connectivity index (χ4n) is 8.38. The van der Waals surface area contributed by atoms with E-state index in [1.165, 1.54) is 27.9 Å². The number of likely N-dealkylation sites (N-methyl/N-ethyl adjacent to an activating group) is 1. The molecule has 2 aromatic carbocycles. The summed E-state index contributed by atoms with van der Waals surface area (Å²) >= 11 is 0. The third-order valence-electron chi connectivity index (χ3n) is 13.3. The van der Waals surface area contributed by atoms with Crippen molar-refractivity contribution in [2.75, 3.05) is 52.4 Å². The number of anilines is 1. The maximum absolute atomic E-state index is 14.0. The van der Waals surface area contributed by atoms with E-state index in [9.17, 15) is 65.1 Å². The number of carbonyl (C=O) groups is 9. The standard InChI is InChI=1S/C55H79F5N6O14/c1-12-32(6)49(39(76-11)26-33(7)67)66(10)52(73)37(30(2)3)28-40(69)55(8,9)65-54(75)79-29-34-15-17-36(18-16-34)63-51(72)35(14-13-21-62-53(61)74)27-38(68)48(31(4)5)64-41(70)19-22-77-24-25-78-23-20-42(71)80-50-46(59)44(57)43(56)45(58)47(50)60/h15-18,30-32,35,37,39,48-49H,12-14,19-29H2,1-11H3,(H,63,72)(H,64,70)(H,65,75)(H3,61,62,74)/t32-,35+,37-,39+,48-,49-/m0/s1. The van der Waals surface area contributed by atoms with E-state index >= 15 is 0 Å². The summed E-state index contributed by atoms with van der Waals surface area (Å²) in [4.78, 5) is 118. The second kappa shape index (κ2) is 33.9. The summed E-state index contributed by atoms with van der Waals surface area (Å²) in [6, 6.07) is 4.07. The minimum absolute atomic E-state index is 0.0197. The number of ketones is 3. The molecule has 0 aromatic heterocycles. The van der Waals surface area contributed by atoms with E-state index < -0.39 is 124 Å². The van der Waals surface area contributed by atoms with Gasteiger partial charge in [-0.2, -0.15) is 8.78 Å². The van der Waals surface area contributed by atoms with E-state index in [0.717, 1.165) is 0 Å². The third-order valence-corrected chi connectivity index (χ3v) is 13.3. The van der Waals surface area contributed by atoms with Gasteiger partial charge in [0.2, 0.25) is 52.6 Å². The van der Waals surface area contributed by atoms with E-state index in [1.807, 2.05) is 27.7 Å². The number of ether oxygens (including phenoxy) is 5. The largest absolute Gasteiger partial charge is 0.445 e. The smallest absolute Gasteiger partial charge is 0.408 e. The Morgan fingerprint density at radius 3 is 1.86 bits per heavy atom. The molecule has 25 heteroatoms. The fourth-order valence-corrected chi connectivity index (χ4v) is 8.38. The van der Waals surface area contributed by atoms with E-state index in [-0.39, 0.29) is 102 Å². The van der Waals surface area contributed by atoms with Crippen LogP contribution in [-0.2, 0) is 59.1 Å².